The first-order valence-corrected chi connectivity index (χ1v) is 8.18. The zero-order valence-corrected chi connectivity index (χ0v) is 13.4. The Morgan fingerprint density at radius 2 is 2.10 bits per heavy atom. The molecule has 2 heterocycles. The minimum Gasteiger partial charge on any atom is -0.382 e. The van der Waals surface area contributed by atoms with Crippen LogP contribution in [0.1, 0.15) is 13.3 Å². The van der Waals surface area contributed by atoms with E-state index >= 15 is 0 Å². The number of nitrogens with two attached hydrogens (primary N) is 1. The summed E-state index contributed by atoms with van der Waals surface area (Å²) in [5.41, 5.74) is 8.27. The van der Waals surface area contributed by atoms with Gasteiger partial charge in [-0.1, -0.05) is 37.3 Å². The molecule has 1 aromatic carbocycles. The number of nitrogen functional groups attached to an aromatic ring is 1. The Labute approximate surface area is 130 Å². The van der Waals surface area contributed by atoms with E-state index in [9.17, 15) is 0 Å². The molecule has 21 heavy (non-hydrogen) atoms. The van der Waals surface area contributed by atoms with Gasteiger partial charge in [0, 0.05) is 12.6 Å². The lowest BCUT2D eigenvalue weighted by atomic mass is 9.94. The second kappa shape index (κ2) is 6.03. The van der Waals surface area contributed by atoms with Crippen LogP contribution in [0, 0.1) is 5.92 Å². The third kappa shape index (κ3) is 3.04. The summed E-state index contributed by atoms with van der Waals surface area (Å²) in [4.78, 5) is 2.39. The normalized spacial score (nSPS) is 23.1. The Morgan fingerprint density at radius 3 is 2.81 bits per heavy atom. The number of anilines is 2. The lowest BCUT2D eigenvalue weighted by molar-refractivity contribution is 0.206. The maximum absolute atomic E-state index is 6.09. The van der Waals surface area contributed by atoms with Gasteiger partial charge in [-0.3, -0.25) is 0 Å². The highest BCUT2D eigenvalue weighted by Gasteiger charge is 2.26. The van der Waals surface area contributed by atoms with Gasteiger partial charge >= 0.3 is 0 Å². The monoisotopic (exact) mass is 302 g/mol. The molecule has 2 unspecified atom stereocenters. The average Bonchev–Trinajstić information content (AvgIpc) is 2.84. The Hall–Kier alpha value is -1.59. The van der Waals surface area contributed by atoms with Crippen molar-refractivity contribution >= 4 is 22.4 Å². The van der Waals surface area contributed by atoms with Crippen LogP contribution in [0.3, 0.4) is 0 Å². The van der Waals surface area contributed by atoms with E-state index in [0.29, 0.717) is 17.8 Å². The number of aromatic nitrogens is 1. The highest BCUT2D eigenvalue weighted by Crippen LogP contribution is 2.38. The van der Waals surface area contributed by atoms with E-state index < -0.39 is 0 Å². The molecule has 3 N–H and O–H groups in total. The van der Waals surface area contributed by atoms with Crippen LogP contribution in [0.4, 0.5) is 10.8 Å². The lowest BCUT2D eigenvalue weighted by Gasteiger charge is -2.35. The van der Waals surface area contributed by atoms with Gasteiger partial charge in [-0.25, -0.2) is 0 Å². The molecular weight excluding hydrogens is 280 g/mol. The first-order valence-electron chi connectivity index (χ1n) is 7.41. The van der Waals surface area contributed by atoms with Crippen LogP contribution < -0.4 is 11.1 Å². The molecule has 2 aromatic rings. The SMILES string of the molecule is CC1CN(C)CCC1Nc1snc(N)c1-c1ccccc1. The van der Waals surface area contributed by atoms with Gasteiger partial charge in [0.1, 0.15) is 10.8 Å². The molecule has 1 fully saturated rings. The van der Waals surface area contributed by atoms with Crippen molar-refractivity contribution in [2.75, 3.05) is 31.2 Å². The average molecular weight is 302 g/mol. The summed E-state index contributed by atoms with van der Waals surface area (Å²) in [6.07, 6.45) is 1.16. The smallest absolute Gasteiger partial charge is 0.147 e. The van der Waals surface area contributed by atoms with E-state index in [0.717, 1.165) is 35.6 Å². The highest BCUT2D eigenvalue weighted by atomic mass is 32.1. The zero-order valence-electron chi connectivity index (χ0n) is 12.5. The first kappa shape index (κ1) is 14.4. The zero-order chi connectivity index (χ0) is 14.8. The number of likely N-dealkylation sites (tertiary alicyclic amines) is 1. The van der Waals surface area contributed by atoms with Crippen LogP contribution in [-0.2, 0) is 0 Å². The van der Waals surface area contributed by atoms with Crippen molar-refractivity contribution in [3.63, 3.8) is 0 Å². The lowest BCUT2D eigenvalue weighted by Crippen LogP contribution is -2.43. The minimum absolute atomic E-state index is 0.489. The van der Waals surface area contributed by atoms with Crippen molar-refractivity contribution in [2.45, 2.75) is 19.4 Å². The molecule has 0 saturated carbocycles. The van der Waals surface area contributed by atoms with Crippen LogP contribution in [0.2, 0.25) is 0 Å². The molecule has 112 valence electrons. The maximum atomic E-state index is 6.09. The summed E-state index contributed by atoms with van der Waals surface area (Å²) < 4.78 is 4.34. The van der Waals surface area contributed by atoms with E-state index in [-0.39, 0.29) is 0 Å². The molecular formula is C16H22N4S. The van der Waals surface area contributed by atoms with E-state index in [4.69, 9.17) is 5.73 Å². The molecule has 0 amide bonds. The number of benzene rings is 1. The molecule has 2 atom stereocenters. The number of rotatable bonds is 3. The van der Waals surface area contributed by atoms with Gasteiger partial charge in [0.25, 0.3) is 0 Å². The first-order chi connectivity index (χ1) is 10.1. The number of hydrogen-bond acceptors (Lipinski definition) is 5. The van der Waals surface area contributed by atoms with E-state index in [2.05, 4.69) is 40.7 Å². The summed E-state index contributed by atoms with van der Waals surface area (Å²) in [5.74, 6) is 1.24. The topological polar surface area (TPSA) is 54.2 Å². The second-order valence-corrected chi connectivity index (χ2v) is 6.69. The Balaban J connectivity index is 1.84. The largest absolute Gasteiger partial charge is 0.382 e. The number of nitrogens with zero attached hydrogens (tertiary/aromatic N) is 2. The summed E-state index contributed by atoms with van der Waals surface area (Å²) >= 11 is 1.47. The summed E-state index contributed by atoms with van der Waals surface area (Å²) in [7, 11) is 2.19. The number of hydrogen-bond donors (Lipinski definition) is 2. The third-order valence-electron chi connectivity index (χ3n) is 4.21. The van der Waals surface area contributed by atoms with Crippen LogP contribution >= 0.6 is 11.5 Å². The molecule has 0 aliphatic carbocycles. The predicted molar refractivity (Wildman–Crippen MR) is 90.7 cm³/mol. The van der Waals surface area contributed by atoms with Gasteiger partial charge in [-0.05, 0) is 43.0 Å². The number of piperidine rings is 1. The van der Waals surface area contributed by atoms with E-state index in [1.807, 2.05) is 18.2 Å². The third-order valence-corrected chi connectivity index (χ3v) is 5.00. The van der Waals surface area contributed by atoms with Crippen molar-refractivity contribution in [3.05, 3.63) is 30.3 Å². The van der Waals surface area contributed by atoms with Crippen molar-refractivity contribution in [2.24, 2.45) is 5.92 Å². The molecule has 1 aliphatic rings. The van der Waals surface area contributed by atoms with Crippen molar-refractivity contribution in [3.8, 4) is 11.1 Å². The molecule has 1 saturated heterocycles. The van der Waals surface area contributed by atoms with E-state index in [1.54, 1.807) is 0 Å². The van der Waals surface area contributed by atoms with Gasteiger partial charge in [0.15, 0.2) is 0 Å². The predicted octanol–water partition coefficient (Wildman–Crippen LogP) is 3.14. The van der Waals surface area contributed by atoms with Crippen LogP contribution in [0.25, 0.3) is 11.1 Å². The summed E-state index contributed by atoms with van der Waals surface area (Å²) in [6.45, 7) is 4.57. The van der Waals surface area contributed by atoms with Gasteiger partial charge in [-0.2, -0.15) is 4.37 Å². The maximum Gasteiger partial charge on any atom is 0.147 e. The second-order valence-electron chi connectivity index (χ2n) is 5.92. The van der Waals surface area contributed by atoms with Crippen molar-refractivity contribution < 1.29 is 0 Å². The molecule has 0 bridgehead atoms. The quantitative estimate of drug-likeness (QED) is 0.914. The van der Waals surface area contributed by atoms with Gasteiger partial charge in [-0.15, -0.1) is 0 Å². The van der Waals surface area contributed by atoms with Crippen LogP contribution in [0.5, 0.6) is 0 Å². The molecule has 5 heteroatoms. The summed E-state index contributed by atoms with van der Waals surface area (Å²) in [5, 5.41) is 4.79. The molecule has 1 aliphatic heterocycles. The van der Waals surface area contributed by atoms with Crippen molar-refractivity contribution in [1.29, 1.82) is 0 Å². The molecule has 3 rings (SSSR count). The molecule has 0 radical (unpaired) electrons. The standard InChI is InChI=1S/C16H22N4S/c1-11-10-20(2)9-8-13(11)18-16-14(15(17)19-21-16)12-6-4-3-5-7-12/h3-7,11,13,18H,8-10H2,1-2H3,(H2,17,19). The van der Waals surface area contributed by atoms with Crippen LogP contribution in [0.15, 0.2) is 30.3 Å². The van der Waals surface area contributed by atoms with Crippen molar-refractivity contribution in [1.82, 2.24) is 9.27 Å². The number of nitrogens with one attached hydrogen (secondary N) is 1. The van der Waals surface area contributed by atoms with Gasteiger partial charge < -0.3 is 16.0 Å². The van der Waals surface area contributed by atoms with E-state index in [1.165, 1.54) is 11.5 Å². The molecule has 1 aromatic heterocycles. The fraction of sp³-hybridized carbons (Fsp3) is 0.438. The molecule has 4 nitrogen and oxygen atoms in total. The fourth-order valence-corrected chi connectivity index (χ4v) is 3.82. The van der Waals surface area contributed by atoms with Gasteiger partial charge in [0.2, 0.25) is 0 Å². The highest BCUT2D eigenvalue weighted by molar-refractivity contribution is 7.11. The van der Waals surface area contributed by atoms with Crippen LogP contribution in [-0.4, -0.2) is 35.5 Å². The fourth-order valence-electron chi connectivity index (χ4n) is 3.02. The van der Waals surface area contributed by atoms with Gasteiger partial charge in [0.05, 0.1) is 5.56 Å². The Kier molecular flexibility index (Phi) is 4.12. The Morgan fingerprint density at radius 1 is 1.33 bits per heavy atom. The molecule has 0 spiro atoms. The summed E-state index contributed by atoms with van der Waals surface area (Å²) in [6, 6.07) is 10.8. The Bertz CT molecular complexity index is 596. The minimum atomic E-state index is 0.489.